The van der Waals surface area contributed by atoms with E-state index in [1.165, 1.54) is 5.56 Å². The first-order valence-corrected chi connectivity index (χ1v) is 7.60. The summed E-state index contributed by atoms with van der Waals surface area (Å²) < 4.78 is 5.64. The Morgan fingerprint density at radius 2 is 1.82 bits per heavy atom. The van der Waals surface area contributed by atoms with E-state index < -0.39 is 0 Å². The second-order valence-electron chi connectivity index (χ2n) is 5.64. The average molecular weight is 297 g/mol. The molecular weight excluding hydrogens is 274 g/mol. The molecule has 0 saturated heterocycles. The Morgan fingerprint density at radius 3 is 2.55 bits per heavy atom. The van der Waals surface area contributed by atoms with Crippen molar-refractivity contribution in [1.29, 1.82) is 0 Å². The van der Waals surface area contributed by atoms with Gasteiger partial charge in [0.25, 0.3) is 0 Å². The normalized spacial score (nSPS) is 11.9. The van der Waals surface area contributed by atoms with E-state index in [0.717, 1.165) is 11.1 Å². The highest BCUT2D eigenvalue weighted by molar-refractivity contribution is 5.78. The van der Waals surface area contributed by atoms with Crippen LogP contribution >= 0.6 is 0 Å². The molecule has 0 fully saturated rings. The number of nitrogens with one attached hydrogen (secondary N) is 1. The number of amides is 1. The third-order valence-corrected chi connectivity index (χ3v) is 3.33. The van der Waals surface area contributed by atoms with Crippen molar-refractivity contribution in [3.63, 3.8) is 0 Å². The SMILES string of the molecule is Cc1cccc(CC(=O)NC(C)COCc2ccccc2)c1. The van der Waals surface area contributed by atoms with Gasteiger partial charge in [0.15, 0.2) is 0 Å². The lowest BCUT2D eigenvalue weighted by molar-refractivity contribution is -0.121. The quantitative estimate of drug-likeness (QED) is 0.852. The van der Waals surface area contributed by atoms with E-state index in [1.54, 1.807) is 0 Å². The molecule has 1 amide bonds. The van der Waals surface area contributed by atoms with Crippen LogP contribution in [0.15, 0.2) is 54.6 Å². The highest BCUT2D eigenvalue weighted by atomic mass is 16.5. The molecule has 116 valence electrons. The van der Waals surface area contributed by atoms with Crippen molar-refractivity contribution in [3.8, 4) is 0 Å². The number of hydrogen-bond acceptors (Lipinski definition) is 2. The van der Waals surface area contributed by atoms with Crippen molar-refractivity contribution in [2.75, 3.05) is 6.61 Å². The molecule has 0 radical (unpaired) electrons. The first kappa shape index (κ1) is 16.2. The number of ether oxygens (including phenoxy) is 1. The summed E-state index contributed by atoms with van der Waals surface area (Å²) in [6.45, 7) is 5.06. The van der Waals surface area contributed by atoms with Crippen molar-refractivity contribution in [3.05, 3.63) is 71.3 Å². The van der Waals surface area contributed by atoms with Crippen molar-refractivity contribution in [2.24, 2.45) is 0 Å². The monoisotopic (exact) mass is 297 g/mol. The lowest BCUT2D eigenvalue weighted by Crippen LogP contribution is -2.36. The fourth-order valence-electron chi connectivity index (χ4n) is 2.30. The zero-order valence-corrected chi connectivity index (χ0v) is 13.2. The van der Waals surface area contributed by atoms with Crippen molar-refractivity contribution < 1.29 is 9.53 Å². The van der Waals surface area contributed by atoms with E-state index in [0.29, 0.717) is 19.6 Å². The molecule has 0 aliphatic carbocycles. The summed E-state index contributed by atoms with van der Waals surface area (Å²) >= 11 is 0. The molecule has 0 saturated carbocycles. The fourth-order valence-corrected chi connectivity index (χ4v) is 2.30. The molecular formula is C19H23NO2. The van der Waals surface area contributed by atoms with Crippen molar-refractivity contribution >= 4 is 5.91 Å². The van der Waals surface area contributed by atoms with Gasteiger partial charge in [0, 0.05) is 6.04 Å². The number of hydrogen-bond donors (Lipinski definition) is 1. The Labute approximate surface area is 132 Å². The van der Waals surface area contributed by atoms with Gasteiger partial charge in [-0.3, -0.25) is 4.79 Å². The largest absolute Gasteiger partial charge is 0.375 e. The van der Waals surface area contributed by atoms with Crippen LogP contribution in [0.4, 0.5) is 0 Å². The van der Waals surface area contributed by atoms with Gasteiger partial charge in [0.1, 0.15) is 0 Å². The van der Waals surface area contributed by atoms with Crippen LogP contribution in [-0.2, 0) is 22.6 Å². The molecule has 2 rings (SSSR count). The van der Waals surface area contributed by atoms with Crippen LogP contribution in [0.5, 0.6) is 0 Å². The second-order valence-corrected chi connectivity index (χ2v) is 5.64. The fraction of sp³-hybridized carbons (Fsp3) is 0.316. The zero-order chi connectivity index (χ0) is 15.8. The molecule has 2 aromatic rings. The molecule has 3 heteroatoms. The molecule has 0 aromatic heterocycles. The zero-order valence-electron chi connectivity index (χ0n) is 13.2. The van der Waals surface area contributed by atoms with Gasteiger partial charge >= 0.3 is 0 Å². The summed E-state index contributed by atoms with van der Waals surface area (Å²) in [7, 11) is 0. The summed E-state index contributed by atoms with van der Waals surface area (Å²) in [5.41, 5.74) is 3.35. The lowest BCUT2D eigenvalue weighted by atomic mass is 10.1. The van der Waals surface area contributed by atoms with Crippen LogP contribution in [0.3, 0.4) is 0 Å². The maximum atomic E-state index is 12.0. The number of benzene rings is 2. The van der Waals surface area contributed by atoms with Gasteiger partial charge in [-0.05, 0) is 25.0 Å². The van der Waals surface area contributed by atoms with Crippen LogP contribution in [0.2, 0.25) is 0 Å². The summed E-state index contributed by atoms with van der Waals surface area (Å²) in [5, 5.41) is 2.97. The van der Waals surface area contributed by atoms with Crippen LogP contribution in [0.25, 0.3) is 0 Å². The predicted molar refractivity (Wildman–Crippen MR) is 88.6 cm³/mol. The number of carbonyl (C=O) groups excluding carboxylic acids is 1. The smallest absolute Gasteiger partial charge is 0.224 e. The van der Waals surface area contributed by atoms with Gasteiger partial charge in [0.05, 0.1) is 19.6 Å². The third kappa shape index (κ3) is 5.70. The van der Waals surface area contributed by atoms with Gasteiger partial charge < -0.3 is 10.1 Å². The van der Waals surface area contributed by atoms with E-state index in [1.807, 2.05) is 68.4 Å². The van der Waals surface area contributed by atoms with Crippen LogP contribution < -0.4 is 5.32 Å². The first-order chi connectivity index (χ1) is 10.6. The molecule has 22 heavy (non-hydrogen) atoms. The molecule has 0 aliphatic rings. The maximum Gasteiger partial charge on any atom is 0.224 e. The molecule has 1 atom stereocenters. The summed E-state index contributed by atoms with van der Waals surface area (Å²) in [6, 6.07) is 18.0. The maximum absolute atomic E-state index is 12.0. The standard InChI is InChI=1S/C19H23NO2/c1-15-7-6-10-18(11-15)12-19(21)20-16(2)13-22-14-17-8-4-3-5-9-17/h3-11,16H,12-14H2,1-2H3,(H,20,21). The van der Waals surface area contributed by atoms with Gasteiger partial charge in [-0.25, -0.2) is 0 Å². The number of aryl methyl sites for hydroxylation is 1. The summed E-state index contributed by atoms with van der Waals surface area (Å²) in [4.78, 5) is 12.0. The van der Waals surface area contributed by atoms with E-state index in [9.17, 15) is 4.79 Å². The average Bonchev–Trinajstić information content (AvgIpc) is 2.48. The Bertz CT molecular complexity index is 595. The van der Waals surface area contributed by atoms with Gasteiger partial charge in [-0.2, -0.15) is 0 Å². The van der Waals surface area contributed by atoms with E-state index in [2.05, 4.69) is 5.32 Å². The number of carbonyl (C=O) groups is 1. The van der Waals surface area contributed by atoms with E-state index in [-0.39, 0.29) is 11.9 Å². The lowest BCUT2D eigenvalue weighted by Gasteiger charge is -2.14. The second kappa shape index (κ2) is 8.35. The molecule has 0 aliphatic heterocycles. The minimum absolute atomic E-state index is 0.000946. The molecule has 1 N–H and O–H groups in total. The molecule has 0 heterocycles. The Hall–Kier alpha value is -2.13. The Balaban J connectivity index is 1.70. The first-order valence-electron chi connectivity index (χ1n) is 7.60. The summed E-state index contributed by atoms with van der Waals surface area (Å²) in [6.07, 6.45) is 0.407. The minimum atomic E-state index is 0.000946. The van der Waals surface area contributed by atoms with E-state index in [4.69, 9.17) is 4.74 Å². The van der Waals surface area contributed by atoms with Gasteiger partial charge in [-0.1, -0.05) is 60.2 Å². The Morgan fingerprint density at radius 1 is 1.09 bits per heavy atom. The van der Waals surface area contributed by atoms with Gasteiger partial charge in [0.2, 0.25) is 5.91 Å². The van der Waals surface area contributed by atoms with Crippen LogP contribution in [0, 0.1) is 6.92 Å². The van der Waals surface area contributed by atoms with Crippen LogP contribution in [0.1, 0.15) is 23.6 Å². The van der Waals surface area contributed by atoms with E-state index >= 15 is 0 Å². The highest BCUT2D eigenvalue weighted by Crippen LogP contribution is 2.05. The van der Waals surface area contributed by atoms with Gasteiger partial charge in [-0.15, -0.1) is 0 Å². The predicted octanol–water partition coefficient (Wildman–Crippen LogP) is 3.26. The highest BCUT2D eigenvalue weighted by Gasteiger charge is 2.08. The topological polar surface area (TPSA) is 38.3 Å². The van der Waals surface area contributed by atoms with Crippen molar-refractivity contribution in [1.82, 2.24) is 5.32 Å². The molecule has 3 nitrogen and oxygen atoms in total. The number of rotatable bonds is 7. The van der Waals surface area contributed by atoms with Crippen molar-refractivity contribution in [2.45, 2.75) is 32.9 Å². The summed E-state index contributed by atoms with van der Waals surface area (Å²) in [5.74, 6) is 0.0291. The Kier molecular flexibility index (Phi) is 6.16. The molecule has 0 bridgehead atoms. The van der Waals surface area contributed by atoms with Crippen LogP contribution in [-0.4, -0.2) is 18.6 Å². The molecule has 1 unspecified atom stereocenters. The molecule has 2 aromatic carbocycles. The third-order valence-electron chi connectivity index (χ3n) is 3.33. The molecule has 0 spiro atoms. The minimum Gasteiger partial charge on any atom is -0.375 e.